The van der Waals surface area contributed by atoms with Crippen LogP contribution in [0.1, 0.15) is 35.6 Å². The third-order valence-electron chi connectivity index (χ3n) is 3.93. The van der Waals surface area contributed by atoms with E-state index >= 15 is 0 Å². The standard InChI is InChI=1S/C18H16BrN3O4/c1-3-13-4-5-15-16(11-6-12(19)8-20-7-11)17(18(24)25)14(21-22(13)15)9-26-10(2)23/h4-8H,3,9H2,1-2H3,(H,24,25). The van der Waals surface area contributed by atoms with Gasteiger partial charge in [-0.2, -0.15) is 5.10 Å². The van der Waals surface area contributed by atoms with Crippen LogP contribution in [-0.2, 0) is 22.6 Å². The number of aryl methyl sites for hydroxylation is 1. The molecule has 0 aliphatic carbocycles. The highest BCUT2D eigenvalue weighted by molar-refractivity contribution is 9.10. The Bertz CT molecular complexity index is 1010. The summed E-state index contributed by atoms with van der Waals surface area (Å²) >= 11 is 3.37. The Kier molecular flexibility index (Phi) is 5.03. The maximum Gasteiger partial charge on any atom is 0.338 e. The molecule has 0 aromatic carbocycles. The normalized spacial score (nSPS) is 10.9. The van der Waals surface area contributed by atoms with Gasteiger partial charge in [0.25, 0.3) is 0 Å². The van der Waals surface area contributed by atoms with E-state index in [-0.39, 0.29) is 17.9 Å². The molecule has 0 fully saturated rings. The van der Waals surface area contributed by atoms with E-state index in [4.69, 9.17) is 4.74 Å². The van der Waals surface area contributed by atoms with Gasteiger partial charge in [-0.25, -0.2) is 9.31 Å². The summed E-state index contributed by atoms with van der Waals surface area (Å²) in [5, 5.41) is 14.3. The molecule has 0 spiro atoms. The Hall–Kier alpha value is -2.74. The molecule has 0 aliphatic heterocycles. The van der Waals surface area contributed by atoms with E-state index in [1.54, 1.807) is 23.0 Å². The minimum absolute atomic E-state index is 0.000553. The molecule has 3 aromatic rings. The van der Waals surface area contributed by atoms with Gasteiger partial charge in [0.15, 0.2) is 0 Å². The summed E-state index contributed by atoms with van der Waals surface area (Å²) in [5.74, 6) is -1.64. The first-order valence-electron chi connectivity index (χ1n) is 7.93. The first-order chi connectivity index (χ1) is 12.4. The molecule has 134 valence electrons. The van der Waals surface area contributed by atoms with E-state index in [1.165, 1.54) is 6.92 Å². The highest BCUT2D eigenvalue weighted by atomic mass is 79.9. The van der Waals surface area contributed by atoms with E-state index in [2.05, 4.69) is 26.0 Å². The molecule has 0 unspecified atom stereocenters. The summed E-state index contributed by atoms with van der Waals surface area (Å²) in [7, 11) is 0. The lowest BCUT2D eigenvalue weighted by Gasteiger charge is -2.14. The molecule has 0 saturated carbocycles. The number of fused-ring (bicyclic) bond motifs is 1. The van der Waals surface area contributed by atoms with Crippen molar-refractivity contribution in [2.45, 2.75) is 26.9 Å². The highest BCUT2D eigenvalue weighted by Crippen LogP contribution is 2.32. The van der Waals surface area contributed by atoms with E-state index in [1.807, 2.05) is 19.1 Å². The topological polar surface area (TPSA) is 93.8 Å². The maximum absolute atomic E-state index is 12.0. The summed E-state index contributed by atoms with van der Waals surface area (Å²) in [6.45, 7) is 3.04. The molecule has 0 bridgehead atoms. The molecule has 3 aromatic heterocycles. The van der Waals surface area contributed by atoms with Crippen LogP contribution < -0.4 is 0 Å². The van der Waals surface area contributed by atoms with Crippen molar-refractivity contribution in [3.8, 4) is 11.1 Å². The van der Waals surface area contributed by atoms with E-state index in [0.717, 1.165) is 16.6 Å². The lowest BCUT2D eigenvalue weighted by atomic mass is 10.00. The number of rotatable bonds is 5. The Morgan fingerprint density at radius 3 is 2.69 bits per heavy atom. The number of ether oxygens (including phenoxy) is 1. The summed E-state index contributed by atoms with van der Waals surface area (Å²) < 4.78 is 7.45. The number of hydrogen-bond acceptors (Lipinski definition) is 5. The average Bonchev–Trinajstić information content (AvgIpc) is 3.00. The van der Waals surface area contributed by atoms with E-state index in [9.17, 15) is 14.7 Å². The van der Waals surface area contributed by atoms with Crippen LogP contribution in [0.5, 0.6) is 0 Å². The van der Waals surface area contributed by atoms with Gasteiger partial charge in [-0.15, -0.1) is 0 Å². The molecule has 8 heteroatoms. The molecule has 0 saturated heterocycles. The number of carboxylic acids is 1. The quantitative estimate of drug-likeness (QED) is 0.638. The van der Waals surface area contributed by atoms with Gasteiger partial charge in [0, 0.05) is 40.6 Å². The summed E-state index contributed by atoms with van der Waals surface area (Å²) in [6.07, 6.45) is 3.94. The molecule has 3 heterocycles. The fourth-order valence-corrected chi connectivity index (χ4v) is 3.20. The number of aromatic nitrogens is 3. The van der Waals surface area contributed by atoms with Gasteiger partial charge >= 0.3 is 11.9 Å². The summed E-state index contributed by atoms with van der Waals surface area (Å²) in [6, 6.07) is 5.53. The van der Waals surface area contributed by atoms with Crippen molar-refractivity contribution >= 4 is 33.4 Å². The average molecular weight is 418 g/mol. The Morgan fingerprint density at radius 2 is 2.08 bits per heavy atom. The zero-order valence-electron chi connectivity index (χ0n) is 14.2. The zero-order valence-corrected chi connectivity index (χ0v) is 15.8. The maximum atomic E-state index is 12.0. The van der Waals surface area contributed by atoms with Gasteiger partial charge in [-0.3, -0.25) is 9.78 Å². The van der Waals surface area contributed by atoms with Crippen molar-refractivity contribution in [1.29, 1.82) is 0 Å². The van der Waals surface area contributed by atoms with Crippen LogP contribution in [0, 0.1) is 0 Å². The van der Waals surface area contributed by atoms with Crippen LogP contribution in [0.2, 0.25) is 0 Å². The molecular formula is C18H16BrN3O4. The number of hydrogen-bond donors (Lipinski definition) is 1. The fourth-order valence-electron chi connectivity index (χ4n) is 2.83. The van der Waals surface area contributed by atoms with Crippen LogP contribution in [0.15, 0.2) is 35.1 Å². The van der Waals surface area contributed by atoms with Crippen molar-refractivity contribution in [2.75, 3.05) is 0 Å². The monoisotopic (exact) mass is 417 g/mol. The van der Waals surface area contributed by atoms with Crippen LogP contribution in [0.4, 0.5) is 0 Å². The van der Waals surface area contributed by atoms with Crippen LogP contribution >= 0.6 is 15.9 Å². The van der Waals surface area contributed by atoms with Gasteiger partial charge in [0.1, 0.15) is 12.3 Å². The SMILES string of the molecule is CCc1ccc2c(-c3cncc(Br)c3)c(C(=O)O)c(COC(C)=O)nn12. The predicted molar refractivity (Wildman–Crippen MR) is 97.9 cm³/mol. The molecule has 7 nitrogen and oxygen atoms in total. The van der Waals surface area contributed by atoms with Gasteiger partial charge in [0.2, 0.25) is 0 Å². The third-order valence-corrected chi connectivity index (χ3v) is 4.36. The van der Waals surface area contributed by atoms with Crippen LogP contribution in [0.25, 0.3) is 16.6 Å². The number of pyridine rings is 1. The van der Waals surface area contributed by atoms with Crippen molar-refractivity contribution in [3.05, 3.63) is 52.0 Å². The second-order valence-corrected chi connectivity index (χ2v) is 6.56. The third kappa shape index (κ3) is 3.32. The minimum Gasteiger partial charge on any atom is -0.478 e. The predicted octanol–water partition coefficient (Wildman–Crippen LogP) is 3.48. The molecule has 26 heavy (non-hydrogen) atoms. The van der Waals surface area contributed by atoms with Crippen molar-refractivity contribution < 1.29 is 19.4 Å². The van der Waals surface area contributed by atoms with Crippen LogP contribution in [0.3, 0.4) is 0 Å². The smallest absolute Gasteiger partial charge is 0.338 e. The van der Waals surface area contributed by atoms with Crippen molar-refractivity contribution in [1.82, 2.24) is 14.6 Å². The Labute approximate surface area is 157 Å². The van der Waals surface area contributed by atoms with E-state index < -0.39 is 11.9 Å². The van der Waals surface area contributed by atoms with Gasteiger partial charge in [-0.1, -0.05) is 6.92 Å². The number of carbonyl (C=O) groups excluding carboxylic acids is 1. The number of aromatic carboxylic acids is 1. The van der Waals surface area contributed by atoms with Gasteiger partial charge < -0.3 is 9.84 Å². The number of nitrogens with zero attached hydrogens (tertiary/aromatic N) is 3. The molecule has 1 N–H and O–H groups in total. The fraction of sp³-hybridized carbons (Fsp3) is 0.222. The Balaban J connectivity index is 2.37. The lowest BCUT2D eigenvalue weighted by Crippen LogP contribution is -2.14. The van der Waals surface area contributed by atoms with Gasteiger partial charge in [-0.05, 0) is 40.5 Å². The minimum atomic E-state index is -1.14. The highest BCUT2D eigenvalue weighted by Gasteiger charge is 2.24. The number of halogens is 1. The van der Waals surface area contributed by atoms with E-state index in [0.29, 0.717) is 16.6 Å². The zero-order chi connectivity index (χ0) is 18.8. The van der Waals surface area contributed by atoms with Crippen LogP contribution in [-0.4, -0.2) is 31.6 Å². The second kappa shape index (κ2) is 7.25. The molecule has 0 atom stereocenters. The summed E-state index contributed by atoms with van der Waals surface area (Å²) in [4.78, 5) is 27.4. The summed E-state index contributed by atoms with van der Waals surface area (Å²) in [5.41, 5.74) is 2.88. The first-order valence-corrected chi connectivity index (χ1v) is 8.72. The number of carbonyl (C=O) groups is 2. The van der Waals surface area contributed by atoms with Gasteiger partial charge in [0.05, 0.1) is 11.1 Å². The first kappa shape index (κ1) is 18.1. The molecular weight excluding hydrogens is 402 g/mol. The molecule has 0 aliphatic rings. The Morgan fingerprint density at radius 1 is 1.31 bits per heavy atom. The molecule has 0 amide bonds. The molecule has 0 radical (unpaired) electrons. The number of carboxylic acid groups (broad SMARTS) is 1. The van der Waals surface area contributed by atoms with Crippen molar-refractivity contribution in [2.24, 2.45) is 0 Å². The number of esters is 1. The largest absolute Gasteiger partial charge is 0.478 e. The lowest BCUT2D eigenvalue weighted by molar-refractivity contribution is -0.142. The molecule has 3 rings (SSSR count). The second-order valence-electron chi connectivity index (χ2n) is 5.65. The van der Waals surface area contributed by atoms with Crippen molar-refractivity contribution in [3.63, 3.8) is 0 Å².